The van der Waals surface area contributed by atoms with Crippen molar-refractivity contribution < 1.29 is 9.53 Å². The highest BCUT2D eigenvalue weighted by molar-refractivity contribution is 5.92. The second-order valence-electron chi connectivity index (χ2n) is 6.00. The number of ketones is 1. The number of hydrogen-bond acceptors (Lipinski definition) is 3. The topological polar surface area (TPSA) is 29.5 Å². The van der Waals surface area contributed by atoms with E-state index in [2.05, 4.69) is 25.1 Å². The summed E-state index contributed by atoms with van der Waals surface area (Å²) < 4.78 is 5.32. The highest BCUT2D eigenvalue weighted by atomic mass is 16.5. The molecule has 0 aromatic heterocycles. The van der Waals surface area contributed by atoms with Crippen LogP contribution in [-0.4, -0.2) is 38.4 Å². The fourth-order valence-electron chi connectivity index (χ4n) is 3.26. The molecule has 0 aliphatic heterocycles. The van der Waals surface area contributed by atoms with Crippen LogP contribution in [0.5, 0.6) is 5.75 Å². The van der Waals surface area contributed by atoms with E-state index >= 15 is 0 Å². The zero-order valence-corrected chi connectivity index (χ0v) is 12.8. The number of hydrogen-bond donors (Lipinski definition) is 0. The fraction of sp³-hybridized carbons (Fsp3) is 0.588. The second-order valence-corrected chi connectivity index (χ2v) is 6.00. The van der Waals surface area contributed by atoms with Crippen LogP contribution in [0.1, 0.15) is 37.7 Å². The smallest absolute Gasteiger partial charge is 0.143 e. The van der Waals surface area contributed by atoms with E-state index in [0.717, 1.165) is 50.0 Å². The zero-order valence-electron chi connectivity index (χ0n) is 12.8. The van der Waals surface area contributed by atoms with Gasteiger partial charge in [0.05, 0.1) is 12.5 Å². The van der Waals surface area contributed by atoms with Gasteiger partial charge in [-0.15, -0.1) is 0 Å². The molecule has 1 atom stereocenters. The average molecular weight is 275 g/mol. The lowest BCUT2D eigenvalue weighted by Gasteiger charge is -2.29. The van der Waals surface area contributed by atoms with Gasteiger partial charge in [-0.05, 0) is 64.0 Å². The summed E-state index contributed by atoms with van der Waals surface area (Å²) >= 11 is 0. The fourth-order valence-corrected chi connectivity index (χ4v) is 3.26. The van der Waals surface area contributed by atoms with E-state index in [1.807, 2.05) is 18.2 Å². The van der Waals surface area contributed by atoms with E-state index in [9.17, 15) is 4.79 Å². The van der Waals surface area contributed by atoms with Crippen molar-refractivity contribution in [3.8, 4) is 5.75 Å². The Bertz CT molecular complexity index is 470. The van der Waals surface area contributed by atoms with Crippen molar-refractivity contribution in [2.24, 2.45) is 0 Å². The normalized spacial score (nSPS) is 22.5. The van der Waals surface area contributed by atoms with Gasteiger partial charge in [-0.2, -0.15) is 0 Å². The number of ether oxygens (including phenoxy) is 1. The van der Waals surface area contributed by atoms with Gasteiger partial charge < -0.3 is 9.64 Å². The predicted octanol–water partition coefficient (Wildman–Crippen LogP) is 3.03. The van der Waals surface area contributed by atoms with Crippen LogP contribution in [0.4, 0.5) is 0 Å². The molecule has 3 heteroatoms. The molecule has 0 unspecified atom stereocenters. The quantitative estimate of drug-likeness (QED) is 0.799. The minimum absolute atomic E-state index is 0.273. The highest BCUT2D eigenvalue weighted by Crippen LogP contribution is 2.42. The van der Waals surface area contributed by atoms with Gasteiger partial charge in [-0.25, -0.2) is 0 Å². The van der Waals surface area contributed by atoms with Crippen LogP contribution in [0.25, 0.3) is 0 Å². The maximum absolute atomic E-state index is 12.5. The van der Waals surface area contributed by atoms with E-state index in [-0.39, 0.29) is 5.41 Å². The maximum atomic E-state index is 12.5. The van der Waals surface area contributed by atoms with Crippen LogP contribution in [0.3, 0.4) is 0 Å². The standard InChI is InChI=1S/C17H25NO2/c1-18(2)12-6-11-17(10-5-9-16(17)19)14-7-4-8-15(13-14)20-3/h4,7-8,13H,5-6,9-12H2,1-3H3/t17-/m1/s1. The summed E-state index contributed by atoms with van der Waals surface area (Å²) in [7, 11) is 5.83. The Balaban J connectivity index is 2.24. The molecule has 1 fully saturated rings. The molecular formula is C17H25NO2. The largest absolute Gasteiger partial charge is 0.497 e. The van der Waals surface area contributed by atoms with Crippen molar-refractivity contribution in [3.05, 3.63) is 29.8 Å². The molecule has 0 bridgehead atoms. The average Bonchev–Trinajstić information content (AvgIpc) is 2.81. The minimum Gasteiger partial charge on any atom is -0.497 e. The lowest BCUT2D eigenvalue weighted by atomic mass is 9.74. The SMILES string of the molecule is COc1cccc([C@]2(CCCN(C)C)CCCC2=O)c1. The Morgan fingerprint density at radius 3 is 2.75 bits per heavy atom. The molecule has 20 heavy (non-hydrogen) atoms. The van der Waals surface area contributed by atoms with E-state index in [1.54, 1.807) is 7.11 Å². The molecule has 1 aromatic carbocycles. The first kappa shape index (κ1) is 15.0. The highest BCUT2D eigenvalue weighted by Gasteiger charge is 2.42. The Hall–Kier alpha value is -1.35. The lowest BCUT2D eigenvalue weighted by Crippen LogP contribution is -2.32. The number of benzene rings is 1. The Morgan fingerprint density at radius 2 is 2.15 bits per heavy atom. The van der Waals surface area contributed by atoms with Crippen molar-refractivity contribution in [2.75, 3.05) is 27.7 Å². The number of carbonyl (C=O) groups is 1. The molecule has 0 N–H and O–H groups in total. The summed E-state index contributed by atoms with van der Waals surface area (Å²) in [6.07, 6.45) is 4.71. The summed E-state index contributed by atoms with van der Waals surface area (Å²) in [5.41, 5.74) is 0.864. The van der Waals surface area contributed by atoms with Crippen molar-refractivity contribution in [3.63, 3.8) is 0 Å². The number of methoxy groups -OCH3 is 1. The van der Waals surface area contributed by atoms with Crippen LogP contribution >= 0.6 is 0 Å². The molecule has 2 rings (SSSR count). The molecule has 1 aliphatic rings. The van der Waals surface area contributed by atoms with Crippen molar-refractivity contribution >= 4 is 5.78 Å². The number of nitrogens with zero attached hydrogens (tertiary/aromatic N) is 1. The molecule has 0 radical (unpaired) electrons. The number of rotatable bonds is 6. The Kier molecular flexibility index (Phi) is 4.81. The van der Waals surface area contributed by atoms with Crippen LogP contribution in [-0.2, 0) is 10.2 Å². The van der Waals surface area contributed by atoms with Crippen LogP contribution < -0.4 is 4.74 Å². The van der Waals surface area contributed by atoms with Crippen molar-refractivity contribution in [2.45, 2.75) is 37.5 Å². The zero-order chi connectivity index (χ0) is 14.6. The summed E-state index contributed by atoms with van der Waals surface area (Å²) in [6.45, 7) is 1.03. The van der Waals surface area contributed by atoms with Gasteiger partial charge in [-0.3, -0.25) is 4.79 Å². The first-order valence-electron chi connectivity index (χ1n) is 7.41. The van der Waals surface area contributed by atoms with Gasteiger partial charge in [0.2, 0.25) is 0 Å². The van der Waals surface area contributed by atoms with Crippen LogP contribution in [0, 0.1) is 0 Å². The molecule has 0 saturated heterocycles. The van der Waals surface area contributed by atoms with E-state index in [4.69, 9.17) is 4.74 Å². The van der Waals surface area contributed by atoms with Crippen LogP contribution in [0.15, 0.2) is 24.3 Å². The number of Topliss-reactive ketones (excluding diaryl/α,β-unsaturated/α-hetero) is 1. The molecule has 0 spiro atoms. The number of carbonyl (C=O) groups excluding carboxylic acids is 1. The van der Waals surface area contributed by atoms with Gasteiger partial charge in [0.15, 0.2) is 0 Å². The summed E-state index contributed by atoms with van der Waals surface area (Å²) in [5, 5.41) is 0. The summed E-state index contributed by atoms with van der Waals surface area (Å²) in [4.78, 5) is 14.7. The Labute approximate surface area is 121 Å². The first-order chi connectivity index (χ1) is 9.58. The predicted molar refractivity (Wildman–Crippen MR) is 81.3 cm³/mol. The van der Waals surface area contributed by atoms with Gasteiger partial charge in [-0.1, -0.05) is 12.1 Å². The van der Waals surface area contributed by atoms with E-state index < -0.39 is 0 Å². The second kappa shape index (κ2) is 6.40. The van der Waals surface area contributed by atoms with Crippen molar-refractivity contribution in [1.82, 2.24) is 4.90 Å². The molecule has 1 saturated carbocycles. The molecular weight excluding hydrogens is 250 g/mol. The van der Waals surface area contributed by atoms with E-state index in [1.165, 1.54) is 0 Å². The monoisotopic (exact) mass is 275 g/mol. The maximum Gasteiger partial charge on any atom is 0.143 e. The van der Waals surface area contributed by atoms with Gasteiger partial charge in [0.1, 0.15) is 11.5 Å². The van der Waals surface area contributed by atoms with Gasteiger partial charge in [0.25, 0.3) is 0 Å². The van der Waals surface area contributed by atoms with E-state index in [0.29, 0.717) is 5.78 Å². The van der Waals surface area contributed by atoms with Crippen molar-refractivity contribution in [1.29, 1.82) is 0 Å². The van der Waals surface area contributed by atoms with Gasteiger partial charge >= 0.3 is 0 Å². The summed E-state index contributed by atoms with van der Waals surface area (Å²) in [5.74, 6) is 1.25. The molecule has 110 valence electrons. The molecule has 3 nitrogen and oxygen atoms in total. The molecule has 1 aromatic rings. The third-order valence-corrected chi connectivity index (χ3v) is 4.37. The third-order valence-electron chi connectivity index (χ3n) is 4.37. The first-order valence-corrected chi connectivity index (χ1v) is 7.41. The minimum atomic E-state index is -0.273. The molecule has 0 amide bonds. The summed E-state index contributed by atoms with van der Waals surface area (Å²) in [6, 6.07) is 8.06. The third kappa shape index (κ3) is 3.04. The Morgan fingerprint density at radius 1 is 1.35 bits per heavy atom. The lowest BCUT2D eigenvalue weighted by molar-refractivity contribution is -0.122. The molecule has 1 aliphatic carbocycles. The van der Waals surface area contributed by atoms with Gasteiger partial charge in [0, 0.05) is 6.42 Å². The van der Waals surface area contributed by atoms with Crippen LogP contribution in [0.2, 0.25) is 0 Å². The molecule has 0 heterocycles.